The molecule has 2 aliphatic rings. The standard InChI is InChI=1S/C21H25N3O2S/c25-20(8-2-6-19-7-3-9-27-19)23-18-5-1-4-15(10-18)21(26)24-13-16-11-22-12-17(16)14-24/h1,3-5,7,9-10,16-17,22H,2,6,8,11-14H2,(H,23,25)/t16-,17+. The fourth-order valence-corrected chi connectivity index (χ4v) is 4.79. The maximum Gasteiger partial charge on any atom is 0.253 e. The van der Waals surface area contributed by atoms with Crippen LogP contribution in [0, 0.1) is 11.8 Å². The third-order valence-corrected chi connectivity index (χ3v) is 6.41. The normalized spacial score (nSPS) is 21.3. The molecule has 142 valence electrons. The van der Waals surface area contributed by atoms with Crippen molar-refractivity contribution < 1.29 is 9.59 Å². The van der Waals surface area contributed by atoms with Crippen molar-refractivity contribution in [2.45, 2.75) is 19.3 Å². The van der Waals surface area contributed by atoms with Gasteiger partial charge in [0, 0.05) is 48.7 Å². The van der Waals surface area contributed by atoms with E-state index in [4.69, 9.17) is 0 Å². The van der Waals surface area contributed by atoms with E-state index in [1.807, 2.05) is 29.2 Å². The van der Waals surface area contributed by atoms with Gasteiger partial charge in [-0.1, -0.05) is 12.1 Å². The Morgan fingerprint density at radius 2 is 1.96 bits per heavy atom. The van der Waals surface area contributed by atoms with E-state index >= 15 is 0 Å². The van der Waals surface area contributed by atoms with Crippen LogP contribution in [-0.4, -0.2) is 42.9 Å². The van der Waals surface area contributed by atoms with Gasteiger partial charge in [0.1, 0.15) is 0 Å². The van der Waals surface area contributed by atoms with Crippen LogP contribution in [-0.2, 0) is 11.2 Å². The number of anilines is 1. The first-order valence-corrected chi connectivity index (χ1v) is 10.5. The molecule has 4 rings (SSSR count). The summed E-state index contributed by atoms with van der Waals surface area (Å²) in [6.07, 6.45) is 2.24. The highest BCUT2D eigenvalue weighted by Gasteiger charge is 2.38. The highest BCUT2D eigenvalue weighted by Crippen LogP contribution is 2.27. The summed E-state index contributed by atoms with van der Waals surface area (Å²) in [4.78, 5) is 28.3. The fourth-order valence-electron chi connectivity index (χ4n) is 4.04. The first kappa shape index (κ1) is 18.2. The average molecular weight is 384 g/mol. The zero-order valence-corrected chi connectivity index (χ0v) is 16.1. The third kappa shape index (κ3) is 4.39. The maximum atomic E-state index is 12.8. The number of likely N-dealkylation sites (tertiary alicyclic amines) is 1. The van der Waals surface area contributed by atoms with Crippen LogP contribution in [0.3, 0.4) is 0 Å². The van der Waals surface area contributed by atoms with E-state index in [9.17, 15) is 9.59 Å². The lowest BCUT2D eigenvalue weighted by Crippen LogP contribution is -2.31. The van der Waals surface area contributed by atoms with Crippen molar-refractivity contribution >= 4 is 28.8 Å². The highest BCUT2D eigenvalue weighted by molar-refractivity contribution is 7.09. The smallest absolute Gasteiger partial charge is 0.253 e. The molecule has 2 fully saturated rings. The van der Waals surface area contributed by atoms with Crippen LogP contribution < -0.4 is 10.6 Å². The van der Waals surface area contributed by atoms with Crippen molar-refractivity contribution in [3.8, 4) is 0 Å². The molecule has 6 heteroatoms. The van der Waals surface area contributed by atoms with Crippen LogP contribution in [0.5, 0.6) is 0 Å². The lowest BCUT2D eigenvalue weighted by atomic mass is 10.0. The van der Waals surface area contributed by atoms with Crippen LogP contribution >= 0.6 is 11.3 Å². The topological polar surface area (TPSA) is 61.4 Å². The molecule has 0 bridgehead atoms. The predicted octanol–water partition coefficient (Wildman–Crippen LogP) is 3.00. The van der Waals surface area contributed by atoms with Gasteiger partial charge in [0.2, 0.25) is 5.91 Å². The van der Waals surface area contributed by atoms with Crippen LogP contribution in [0.1, 0.15) is 28.1 Å². The molecule has 2 aromatic rings. The molecule has 0 unspecified atom stereocenters. The third-order valence-electron chi connectivity index (χ3n) is 5.48. The van der Waals surface area contributed by atoms with Gasteiger partial charge in [-0.2, -0.15) is 0 Å². The molecule has 2 amide bonds. The molecule has 3 heterocycles. The summed E-state index contributed by atoms with van der Waals surface area (Å²) in [7, 11) is 0. The number of benzene rings is 1. The molecular weight excluding hydrogens is 358 g/mol. The minimum atomic E-state index is -0.00191. The van der Waals surface area contributed by atoms with Crippen LogP contribution in [0.4, 0.5) is 5.69 Å². The van der Waals surface area contributed by atoms with E-state index in [-0.39, 0.29) is 11.8 Å². The van der Waals surface area contributed by atoms with E-state index < -0.39 is 0 Å². The van der Waals surface area contributed by atoms with Gasteiger partial charge < -0.3 is 15.5 Å². The molecule has 0 saturated carbocycles. The summed E-state index contributed by atoms with van der Waals surface area (Å²) in [6, 6.07) is 11.4. The predicted molar refractivity (Wildman–Crippen MR) is 108 cm³/mol. The summed E-state index contributed by atoms with van der Waals surface area (Å²) in [5, 5.41) is 8.38. The first-order valence-electron chi connectivity index (χ1n) is 9.61. The second-order valence-electron chi connectivity index (χ2n) is 7.45. The zero-order chi connectivity index (χ0) is 18.6. The molecule has 2 saturated heterocycles. The van der Waals surface area contributed by atoms with Gasteiger partial charge in [0.25, 0.3) is 5.91 Å². The maximum absolute atomic E-state index is 12.8. The molecular formula is C21H25N3O2S. The Kier molecular flexibility index (Phi) is 5.55. The Morgan fingerprint density at radius 3 is 2.70 bits per heavy atom. The first-order chi connectivity index (χ1) is 13.2. The summed E-state index contributed by atoms with van der Waals surface area (Å²) in [5.74, 6) is 1.23. The number of nitrogens with one attached hydrogen (secondary N) is 2. The molecule has 2 N–H and O–H groups in total. The summed E-state index contributed by atoms with van der Waals surface area (Å²) in [5.41, 5.74) is 1.35. The molecule has 0 aliphatic carbocycles. The number of carbonyl (C=O) groups excluding carboxylic acids is 2. The molecule has 1 aromatic heterocycles. The Hall–Kier alpha value is -2.18. The number of fused-ring (bicyclic) bond motifs is 1. The Morgan fingerprint density at radius 1 is 1.15 bits per heavy atom. The summed E-state index contributed by atoms with van der Waals surface area (Å²) < 4.78 is 0. The molecule has 27 heavy (non-hydrogen) atoms. The molecule has 2 aliphatic heterocycles. The van der Waals surface area contributed by atoms with Crippen molar-refractivity contribution in [2.75, 3.05) is 31.5 Å². The summed E-state index contributed by atoms with van der Waals surface area (Å²) in [6.45, 7) is 3.68. The van der Waals surface area contributed by atoms with Crippen LogP contribution in [0.25, 0.3) is 0 Å². The number of hydrogen-bond donors (Lipinski definition) is 2. The molecule has 2 atom stereocenters. The SMILES string of the molecule is O=C(CCCc1cccs1)Nc1cccc(C(=O)N2C[C@H]3CNC[C@H]3C2)c1. The van der Waals surface area contributed by atoms with Crippen molar-refractivity contribution in [3.05, 3.63) is 52.2 Å². The number of thiophene rings is 1. The fraction of sp³-hybridized carbons (Fsp3) is 0.429. The number of aryl methyl sites for hydroxylation is 1. The van der Waals surface area contributed by atoms with E-state index in [2.05, 4.69) is 22.1 Å². The van der Waals surface area contributed by atoms with Gasteiger partial charge in [-0.15, -0.1) is 11.3 Å². The number of carbonyl (C=O) groups is 2. The van der Waals surface area contributed by atoms with Crippen LogP contribution in [0.15, 0.2) is 41.8 Å². The van der Waals surface area contributed by atoms with Gasteiger partial charge in [0.15, 0.2) is 0 Å². The van der Waals surface area contributed by atoms with Gasteiger partial charge in [-0.25, -0.2) is 0 Å². The minimum absolute atomic E-state index is 0.00191. The Labute approximate surface area is 163 Å². The lowest BCUT2D eigenvalue weighted by Gasteiger charge is -2.18. The monoisotopic (exact) mass is 383 g/mol. The Balaban J connectivity index is 1.30. The van der Waals surface area contributed by atoms with Crippen molar-refractivity contribution in [2.24, 2.45) is 11.8 Å². The molecule has 5 nitrogen and oxygen atoms in total. The summed E-state index contributed by atoms with van der Waals surface area (Å²) >= 11 is 1.72. The highest BCUT2D eigenvalue weighted by atomic mass is 32.1. The van der Waals surface area contributed by atoms with E-state index in [1.54, 1.807) is 17.4 Å². The number of amides is 2. The van der Waals surface area contributed by atoms with Crippen molar-refractivity contribution in [1.29, 1.82) is 0 Å². The van der Waals surface area contributed by atoms with Gasteiger partial charge in [0.05, 0.1) is 0 Å². The minimum Gasteiger partial charge on any atom is -0.338 e. The van der Waals surface area contributed by atoms with Crippen LogP contribution in [0.2, 0.25) is 0 Å². The largest absolute Gasteiger partial charge is 0.338 e. The second kappa shape index (κ2) is 8.23. The van der Waals surface area contributed by atoms with Gasteiger partial charge in [-0.3, -0.25) is 9.59 Å². The van der Waals surface area contributed by atoms with Crippen molar-refractivity contribution in [1.82, 2.24) is 10.2 Å². The van der Waals surface area contributed by atoms with E-state index in [0.717, 1.165) is 39.0 Å². The molecule has 0 radical (unpaired) electrons. The second-order valence-corrected chi connectivity index (χ2v) is 8.48. The van der Waals surface area contributed by atoms with Gasteiger partial charge in [-0.05, 0) is 54.3 Å². The lowest BCUT2D eigenvalue weighted by molar-refractivity contribution is -0.116. The molecule has 1 aromatic carbocycles. The average Bonchev–Trinajstić information content (AvgIpc) is 3.38. The zero-order valence-electron chi connectivity index (χ0n) is 15.3. The molecule has 0 spiro atoms. The quantitative estimate of drug-likeness (QED) is 0.806. The van der Waals surface area contributed by atoms with E-state index in [1.165, 1.54) is 4.88 Å². The van der Waals surface area contributed by atoms with E-state index in [0.29, 0.717) is 29.5 Å². The van der Waals surface area contributed by atoms with Crippen molar-refractivity contribution in [3.63, 3.8) is 0 Å². The number of nitrogens with zero attached hydrogens (tertiary/aromatic N) is 1. The van der Waals surface area contributed by atoms with Gasteiger partial charge >= 0.3 is 0 Å². The number of rotatable bonds is 6. The Bertz CT molecular complexity index is 794. The number of hydrogen-bond acceptors (Lipinski definition) is 4.